The van der Waals surface area contributed by atoms with Crippen molar-refractivity contribution in [3.05, 3.63) is 102 Å². The lowest BCUT2D eigenvalue weighted by Gasteiger charge is -2.22. The quantitative estimate of drug-likeness (QED) is 0.532. The van der Waals surface area contributed by atoms with Crippen LogP contribution in [0.5, 0.6) is 0 Å². The third kappa shape index (κ3) is 2.42. The van der Waals surface area contributed by atoms with Crippen LogP contribution in [0.3, 0.4) is 0 Å². The second-order valence-corrected chi connectivity index (χ2v) is 10.0. The van der Waals surface area contributed by atoms with E-state index in [0.29, 0.717) is 0 Å². The fourth-order valence-corrected chi connectivity index (χ4v) is 7.03. The van der Waals surface area contributed by atoms with Gasteiger partial charge in [0.1, 0.15) is 7.14 Å². The van der Waals surface area contributed by atoms with Crippen LogP contribution < -0.4 is 5.30 Å². The minimum Gasteiger partial charge on any atom is -0.313 e. The van der Waals surface area contributed by atoms with Gasteiger partial charge in [-0.15, -0.1) is 0 Å². The van der Waals surface area contributed by atoms with Crippen LogP contribution in [0.15, 0.2) is 84.9 Å². The maximum Gasteiger partial charge on any atom is 0.147 e. The molecule has 0 saturated heterocycles. The fraction of sp³-hybridized carbons (Fsp3) is 0.130. The zero-order valence-corrected chi connectivity index (χ0v) is 15.4. The second-order valence-electron chi connectivity index (χ2n) is 6.72. The van der Waals surface area contributed by atoms with Crippen LogP contribution in [-0.2, 0) is 4.57 Å². The van der Waals surface area contributed by atoms with Gasteiger partial charge in [0.25, 0.3) is 0 Å². The minimum absolute atomic E-state index is 0.0602. The smallest absolute Gasteiger partial charge is 0.147 e. The van der Waals surface area contributed by atoms with Gasteiger partial charge in [-0.2, -0.15) is 0 Å². The standard InChI is InChI=1S/C23H21OP/c1-17(2)25(24)21-16-10-9-15-20(21)22(18-11-5-3-6-12-18)23(25)19-13-7-4-8-14-19/h3-17H,1-2H3. The first-order valence-corrected chi connectivity index (χ1v) is 10.5. The van der Waals surface area contributed by atoms with Crippen LogP contribution in [0, 0.1) is 0 Å². The average molecular weight is 344 g/mol. The zero-order chi connectivity index (χ0) is 17.4. The van der Waals surface area contributed by atoms with Crippen molar-refractivity contribution in [2.45, 2.75) is 19.5 Å². The summed E-state index contributed by atoms with van der Waals surface area (Å²) in [6.45, 7) is 4.16. The summed E-state index contributed by atoms with van der Waals surface area (Å²) in [6.07, 6.45) is 0. The van der Waals surface area contributed by atoms with Crippen LogP contribution >= 0.6 is 7.14 Å². The number of rotatable bonds is 3. The predicted octanol–water partition coefficient (Wildman–Crippen LogP) is 6.01. The molecular weight excluding hydrogens is 323 g/mol. The van der Waals surface area contributed by atoms with Gasteiger partial charge in [-0.1, -0.05) is 98.8 Å². The molecular formula is C23H21OP. The Balaban J connectivity index is 2.14. The molecule has 0 aliphatic carbocycles. The van der Waals surface area contributed by atoms with E-state index in [4.69, 9.17) is 0 Å². The van der Waals surface area contributed by atoms with E-state index >= 15 is 0 Å². The van der Waals surface area contributed by atoms with Gasteiger partial charge >= 0.3 is 0 Å². The summed E-state index contributed by atoms with van der Waals surface area (Å²) >= 11 is 0. The highest BCUT2D eigenvalue weighted by Crippen LogP contribution is 2.68. The SMILES string of the molecule is CC(C)P1(=O)C(c2ccccc2)=C(c2ccccc2)c2ccccc21. The summed E-state index contributed by atoms with van der Waals surface area (Å²) in [6, 6.07) is 28.8. The highest BCUT2D eigenvalue weighted by Gasteiger charge is 2.43. The number of fused-ring (bicyclic) bond motifs is 1. The average Bonchev–Trinajstić information content (AvgIpc) is 2.94. The van der Waals surface area contributed by atoms with Crippen molar-refractivity contribution in [3.63, 3.8) is 0 Å². The highest BCUT2D eigenvalue weighted by atomic mass is 31.2. The van der Waals surface area contributed by atoms with E-state index in [-0.39, 0.29) is 5.66 Å². The number of benzene rings is 3. The first kappa shape index (κ1) is 16.1. The molecule has 124 valence electrons. The predicted molar refractivity (Wildman–Crippen MR) is 108 cm³/mol. The molecule has 3 aromatic carbocycles. The van der Waals surface area contributed by atoms with Crippen molar-refractivity contribution < 1.29 is 4.57 Å². The molecule has 0 radical (unpaired) electrons. The van der Waals surface area contributed by atoms with E-state index in [1.807, 2.05) is 48.5 Å². The Kier molecular flexibility index (Phi) is 3.98. The molecule has 0 spiro atoms. The van der Waals surface area contributed by atoms with Crippen LogP contribution in [0.4, 0.5) is 0 Å². The van der Waals surface area contributed by atoms with Crippen molar-refractivity contribution in [1.82, 2.24) is 0 Å². The van der Waals surface area contributed by atoms with E-state index in [0.717, 1.165) is 32.9 Å². The first-order chi connectivity index (χ1) is 12.1. The van der Waals surface area contributed by atoms with Crippen molar-refractivity contribution in [3.8, 4) is 0 Å². The van der Waals surface area contributed by atoms with Gasteiger partial charge in [0.2, 0.25) is 0 Å². The van der Waals surface area contributed by atoms with Gasteiger partial charge in [0.05, 0.1) is 0 Å². The van der Waals surface area contributed by atoms with Crippen molar-refractivity contribution in [2.75, 3.05) is 0 Å². The Morgan fingerprint density at radius 1 is 0.680 bits per heavy atom. The van der Waals surface area contributed by atoms with Crippen molar-refractivity contribution >= 4 is 23.3 Å². The molecule has 25 heavy (non-hydrogen) atoms. The molecule has 0 saturated carbocycles. The summed E-state index contributed by atoms with van der Waals surface area (Å²) in [5.41, 5.74) is 4.50. The largest absolute Gasteiger partial charge is 0.313 e. The molecule has 1 aliphatic heterocycles. The summed E-state index contributed by atoms with van der Waals surface area (Å²) in [4.78, 5) is 0. The van der Waals surface area contributed by atoms with E-state index in [1.54, 1.807) is 0 Å². The maximum atomic E-state index is 14.4. The number of hydrogen-bond donors (Lipinski definition) is 0. The molecule has 0 bridgehead atoms. The first-order valence-electron chi connectivity index (χ1n) is 8.69. The molecule has 1 atom stereocenters. The van der Waals surface area contributed by atoms with Crippen LogP contribution in [0.25, 0.3) is 10.9 Å². The van der Waals surface area contributed by atoms with E-state index in [2.05, 4.69) is 50.2 Å². The second kappa shape index (κ2) is 6.17. The van der Waals surface area contributed by atoms with E-state index in [1.165, 1.54) is 0 Å². The molecule has 0 fully saturated rings. The molecule has 1 nitrogen and oxygen atoms in total. The Morgan fingerprint density at radius 2 is 1.20 bits per heavy atom. The molecule has 3 aromatic rings. The molecule has 1 aliphatic rings. The molecule has 0 aromatic heterocycles. The molecule has 1 heterocycles. The van der Waals surface area contributed by atoms with Crippen LogP contribution in [0.2, 0.25) is 0 Å². The Hall–Kier alpha value is -2.37. The van der Waals surface area contributed by atoms with Crippen molar-refractivity contribution in [1.29, 1.82) is 0 Å². The molecule has 1 unspecified atom stereocenters. The third-order valence-corrected chi connectivity index (χ3v) is 8.64. The Morgan fingerprint density at radius 3 is 1.80 bits per heavy atom. The van der Waals surface area contributed by atoms with E-state index < -0.39 is 7.14 Å². The molecule has 0 amide bonds. The highest BCUT2D eigenvalue weighted by molar-refractivity contribution is 7.82. The van der Waals surface area contributed by atoms with Gasteiger partial charge in [0.15, 0.2) is 0 Å². The van der Waals surface area contributed by atoms with Crippen LogP contribution in [0.1, 0.15) is 30.5 Å². The molecule has 2 heteroatoms. The van der Waals surface area contributed by atoms with Gasteiger partial charge < -0.3 is 4.57 Å². The number of hydrogen-bond acceptors (Lipinski definition) is 1. The van der Waals surface area contributed by atoms with Gasteiger partial charge in [-0.05, 0) is 16.7 Å². The van der Waals surface area contributed by atoms with Gasteiger partial charge in [-0.25, -0.2) is 0 Å². The maximum absolute atomic E-state index is 14.4. The lowest BCUT2D eigenvalue weighted by molar-refractivity contribution is 0.582. The van der Waals surface area contributed by atoms with Gasteiger partial charge in [-0.3, -0.25) is 0 Å². The summed E-state index contributed by atoms with van der Waals surface area (Å²) in [7, 11) is -2.71. The zero-order valence-electron chi connectivity index (χ0n) is 14.5. The topological polar surface area (TPSA) is 17.1 Å². The Bertz CT molecular complexity index is 985. The lowest BCUT2D eigenvalue weighted by Crippen LogP contribution is -2.12. The Labute approximate surface area is 149 Å². The normalized spacial score (nSPS) is 19.3. The summed E-state index contributed by atoms with van der Waals surface area (Å²) in [5.74, 6) is 0. The molecule has 0 N–H and O–H groups in total. The van der Waals surface area contributed by atoms with E-state index in [9.17, 15) is 4.57 Å². The molecule has 4 rings (SSSR count). The minimum atomic E-state index is -2.71. The summed E-state index contributed by atoms with van der Waals surface area (Å²) < 4.78 is 14.4. The van der Waals surface area contributed by atoms with Crippen molar-refractivity contribution in [2.24, 2.45) is 0 Å². The van der Waals surface area contributed by atoms with Crippen LogP contribution in [-0.4, -0.2) is 5.66 Å². The monoisotopic (exact) mass is 344 g/mol. The van der Waals surface area contributed by atoms with Gasteiger partial charge in [0, 0.05) is 21.9 Å². The third-order valence-electron chi connectivity index (χ3n) is 4.94. The fourth-order valence-electron chi connectivity index (χ4n) is 3.75. The summed E-state index contributed by atoms with van der Waals surface area (Å²) in [5, 5.41) is 2.01. The lowest BCUT2D eigenvalue weighted by atomic mass is 9.96.